The Bertz CT molecular complexity index is 576. The van der Waals surface area contributed by atoms with E-state index in [1.165, 1.54) is 25.7 Å². The Morgan fingerprint density at radius 3 is 2.90 bits per heavy atom. The van der Waals surface area contributed by atoms with E-state index in [-0.39, 0.29) is 0 Å². The molecule has 1 fully saturated rings. The van der Waals surface area contributed by atoms with Crippen molar-refractivity contribution in [3.63, 3.8) is 0 Å². The van der Waals surface area contributed by atoms with E-state index < -0.39 is 0 Å². The van der Waals surface area contributed by atoms with Gasteiger partial charge in [-0.2, -0.15) is 0 Å². The molecule has 0 atom stereocenters. The van der Waals surface area contributed by atoms with Gasteiger partial charge in [0.15, 0.2) is 0 Å². The van der Waals surface area contributed by atoms with Gasteiger partial charge in [0.1, 0.15) is 10.8 Å². The summed E-state index contributed by atoms with van der Waals surface area (Å²) in [4.78, 5) is 4.76. The van der Waals surface area contributed by atoms with Gasteiger partial charge in [0.05, 0.1) is 17.9 Å². The molecule has 0 radical (unpaired) electrons. The molecule has 21 heavy (non-hydrogen) atoms. The van der Waals surface area contributed by atoms with Crippen LogP contribution in [0.25, 0.3) is 10.6 Å². The highest BCUT2D eigenvalue weighted by atomic mass is 32.1. The first-order valence-corrected chi connectivity index (χ1v) is 8.64. The van der Waals surface area contributed by atoms with Gasteiger partial charge in [0.2, 0.25) is 0 Å². The lowest BCUT2D eigenvalue weighted by Gasteiger charge is -2.10. The van der Waals surface area contributed by atoms with Crippen LogP contribution in [0.1, 0.15) is 38.3 Å². The monoisotopic (exact) mass is 302 g/mol. The lowest BCUT2D eigenvalue weighted by Crippen LogP contribution is -2.25. The highest BCUT2D eigenvalue weighted by Crippen LogP contribution is 2.32. The van der Waals surface area contributed by atoms with E-state index in [2.05, 4.69) is 16.8 Å². The van der Waals surface area contributed by atoms with E-state index in [0.29, 0.717) is 12.6 Å². The highest BCUT2D eigenvalue weighted by molar-refractivity contribution is 7.13. The number of thiazole rings is 1. The van der Waals surface area contributed by atoms with Gasteiger partial charge in [-0.15, -0.1) is 11.3 Å². The van der Waals surface area contributed by atoms with Gasteiger partial charge in [-0.1, -0.05) is 25.0 Å². The van der Waals surface area contributed by atoms with E-state index in [1.807, 2.05) is 25.1 Å². The first kappa shape index (κ1) is 14.5. The number of ether oxygens (including phenoxy) is 1. The summed E-state index contributed by atoms with van der Waals surface area (Å²) in [6.07, 6.45) is 5.35. The van der Waals surface area contributed by atoms with E-state index in [0.717, 1.165) is 28.6 Å². The number of para-hydroxylation sites is 1. The normalized spacial score (nSPS) is 15.5. The van der Waals surface area contributed by atoms with Gasteiger partial charge in [0, 0.05) is 18.0 Å². The van der Waals surface area contributed by atoms with Crippen molar-refractivity contribution in [3.05, 3.63) is 35.3 Å². The topological polar surface area (TPSA) is 34.1 Å². The maximum absolute atomic E-state index is 5.69. The molecule has 112 valence electrons. The summed E-state index contributed by atoms with van der Waals surface area (Å²) >= 11 is 1.69. The van der Waals surface area contributed by atoms with Crippen LogP contribution in [-0.4, -0.2) is 17.6 Å². The Morgan fingerprint density at radius 1 is 1.29 bits per heavy atom. The predicted octanol–water partition coefficient (Wildman–Crippen LogP) is 4.24. The lowest BCUT2D eigenvalue weighted by molar-refractivity contribution is 0.341. The average molecular weight is 302 g/mol. The van der Waals surface area contributed by atoms with Crippen molar-refractivity contribution in [2.75, 3.05) is 6.61 Å². The van der Waals surface area contributed by atoms with Gasteiger partial charge in [-0.25, -0.2) is 4.98 Å². The van der Waals surface area contributed by atoms with E-state index in [9.17, 15) is 0 Å². The van der Waals surface area contributed by atoms with Crippen LogP contribution in [0.5, 0.6) is 5.75 Å². The van der Waals surface area contributed by atoms with Crippen LogP contribution in [0.15, 0.2) is 29.6 Å². The first-order chi connectivity index (χ1) is 10.4. The molecule has 1 N–H and O–H groups in total. The Morgan fingerprint density at radius 2 is 2.10 bits per heavy atom. The molecule has 1 aliphatic rings. The van der Waals surface area contributed by atoms with Gasteiger partial charge in [-0.05, 0) is 31.9 Å². The zero-order chi connectivity index (χ0) is 14.5. The minimum atomic E-state index is 0.679. The summed E-state index contributed by atoms with van der Waals surface area (Å²) in [5.41, 5.74) is 2.23. The van der Waals surface area contributed by atoms with Crippen LogP contribution in [0, 0.1) is 0 Å². The Hall–Kier alpha value is -1.39. The zero-order valence-corrected chi connectivity index (χ0v) is 13.3. The van der Waals surface area contributed by atoms with Crippen LogP contribution >= 0.6 is 11.3 Å². The zero-order valence-electron chi connectivity index (χ0n) is 12.5. The number of hydrogen-bond acceptors (Lipinski definition) is 4. The van der Waals surface area contributed by atoms with Crippen molar-refractivity contribution in [3.8, 4) is 16.3 Å². The molecule has 0 spiro atoms. The van der Waals surface area contributed by atoms with E-state index in [4.69, 9.17) is 9.72 Å². The molecular formula is C17H22N2OS. The van der Waals surface area contributed by atoms with E-state index in [1.54, 1.807) is 11.3 Å². The third-order valence-electron chi connectivity index (χ3n) is 3.90. The van der Waals surface area contributed by atoms with Crippen molar-refractivity contribution >= 4 is 11.3 Å². The van der Waals surface area contributed by atoms with Gasteiger partial charge in [-0.3, -0.25) is 0 Å². The predicted molar refractivity (Wildman–Crippen MR) is 87.8 cm³/mol. The summed E-state index contributed by atoms with van der Waals surface area (Å²) in [5.74, 6) is 0.921. The number of aromatic nitrogens is 1. The second-order valence-electron chi connectivity index (χ2n) is 5.44. The molecule has 3 nitrogen and oxygen atoms in total. The lowest BCUT2D eigenvalue weighted by atomic mass is 10.2. The molecule has 0 aliphatic heterocycles. The third kappa shape index (κ3) is 3.63. The molecule has 1 aromatic carbocycles. The molecule has 1 saturated carbocycles. The van der Waals surface area contributed by atoms with Crippen LogP contribution in [0.4, 0.5) is 0 Å². The first-order valence-electron chi connectivity index (χ1n) is 7.77. The summed E-state index contributed by atoms with van der Waals surface area (Å²) in [6, 6.07) is 8.82. The maximum Gasteiger partial charge on any atom is 0.129 e. The van der Waals surface area contributed by atoms with E-state index >= 15 is 0 Å². The molecule has 1 heterocycles. The molecule has 1 aliphatic carbocycles. The molecule has 0 unspecified atom stereocenters. The number of hydrogen-bond donors (Lipinski definition) is 1. The van der Waals surface area contributed by atoms with Gasteiger partial charge < -0.3 is 10.1 Å². The number of nitrogens with zero attached hydrogens (tertiary/aromatic N) is 1. The molecular weight excluding hydrogens is 280 g/mol. The van der Waals surface area contributed by atoms with Crippen LogP contribution in [0.3, 0.4) is 0 Å². The van der Waals surface area contributed by atoms with Crippen molar-refractivity contribution in [1.82, 2.24) is 10.3 Å². The van der Waals surface area contributed by atoms with Crippen molar-refractivity contribution in [2.45, 2.75) is 45.2 Å². The SMILES string of the molecule is CCOc1ccccc1-c1nc(CNC2CCCC2)cs1. The fourth-order valence-corrected chi connectivity index (χ4v) is 3.66. The minimum absolute atomic E-state index is 0.679. The molecule has 1 aromatic heterocycles. The summed E-state index contributed by atoms with van der Waals surface area (Å²) in [5, 5.41) is 6.81. The van der Waals surface area contributed by atoms with Gasteiger partial charge in [0.25, 0.3) is 0 Å². The smallest absolute Gasteiger partial charge is 0.129 e. The second kappa shape index (κ2) is 7.05. The largest absolute Gasteiger partial charge is 0.493 e. The second-order valence-corrected chi connectivity index (χ2v) is 6.29. The maximum atomic E-state index is 5.69. The summed E-state index contributed by atoms with van der Waals surface area (Å²) in [6.45, 7) is 3.56. The van der Waals surface area contributed by atoms with Crippen LogP contribution in [0.2, 0.25) is 0 Å². The van der Waals surface area contributed by atoms with Crippen LogP contribution < -0.4 is 10.1 Å². The van der Waals surface area contributed by atoms with Crippen molar-refractivity contribution in [2.24, 2.45) is 0 Å². The molecule has 0 amide bonds. The summed E-state index contributed by atoms with van der Waals surface area (Å²) in [7, 11) is 0. The van der Waals surface area contributed by atoms with Crippen molar-refractivity contribution in [1.29, 1.82) is 0 Å². The Kier molecular flexibility index (Phi) is 4.88. The third-order valence-corrected chi connectivity index (χ3v) is 4.82. The number of nitrogens with one attached hydrogen (secondary N) is 1. The molecule has 0 saturated heterocycles. The quantitative estimate of drug-likeness (QED) is 0.866. The van der Waals surface area contributed by atoms with Crippen molar-refractivity contribution < 1.29 is 4.74 Å². The average Bonchev–Trinajstić information content (AvgIpc) is 3.18. The Labute approximate surface area is 130 Å². The standard InChI is InChI=1S/C17H22N2OS/c1-2-20-16-10-6-5-9-15(16)17-19-14(12-21-17)11-18-13-7-3-4-8-13/h5-6,9-10,12-13,18H,2-4,7-8,11H2,1H3. The highest BCUT2D eigenvalue weighted by Gasteiger charge is 2.15. The molecule has 2 aromatic rings. The molecule has 4 heteroatoms. The Balaban J connectivity index is 1.69. The minimum Gasteiger partial charge on any atom is -0.493 e. The molecule has 3 rings (SSSR count). The fourth-order valence-electron chi connectivity index (χ4n) is 2.82. The van der Waals surface area contributed by atoms with Crippen LogP contribution in [-0.2, 0) is 6.54 Å². The number of benzene rings is 1. The summed E-state index contributed by atoms with van der Waals surface area (Å²) < 4.78 is 5.69. The number of rotatable bonds is 6. The van der Waals surface area contributed by atoms with Gasteiger partial charge >= 0.3 is 0 Å². The fraction of sp³-hybridized carbons (Fsp3) is 0.471. The molecule has 0 bridgehead atoms.